The summed E-state index contributed by atoms with van der Waals surface area (Å²) in [6.07, 6.45) is 14.4. The molecule has 5 aliphatic rings. The van der Waals surface area contributed by atoms with Crippen LogP contribution in [0, 0.1) is 22.7 Å². The van der Waals surface area contributed by atoms with Crippen molar-refractivity contribution in [2.45, 2.75) is 51.6 Å². The maximum absolute atomic E-state index is 11.8. The molecule has 0 bridgehead atoms. The van der Waals surface area contributed by atoms with Gasteiger partial charge in [-0.2, -0.15) is 0 Å². The fourth-order valence-electron chi connectivity index (χ4n) is 5.98. The average Bonchev–Trinajstić information content (AvgIpc) is 3.22. The van der Waals surface area contributed by atoms with Gasteiger partial charge in [-0.15, -0.1) is 0 Å². The first-order valence-electron chi connectivity index (χ1n) is 8.76. The molecule has 2 unspecified atom stereocenters. The molecule has 116 valence electrons. The van der Waals surface area contributed by atoms with Crippen LogP contribution in [0.1, 0.15) is 46.0 Å². The van der Waals surface area contributed by atoms with Crippen molar-refractivity contribution < 1.29 is 9.53 Å². The van der Waals surface area contributed by atoms with E-state index in [9.17, 15) is 4.79 Å². The summed E-state index contributed by atoms with van der Waals surface area (Å²) < 4.78 is 5.95. The lowest BCUT2D eigenvalue weighted by Gasteiger charge is -2.50. The number of allylic oxidation sites excluding steroid dienone is 6. The second-order valence-corrected chi connectivity index (χ2v) is 8.49. The predicted molar refractivity (Wildman–Crippen MR) is 85.3 cm³/mol. The van der Waals surface area contributed by atoms with E-state index in [1.54, 1.807) is 5.57 Å². The summed E-state index contributed by atoms with van der Waals surface area (Å²) in [7, 11) is 0. The zero-order valence-corrected chi connectivity index (χ0v) is 13.5. The Hall–Kier alpha value is -1.15. The molecule has 0 aromatic carbocycles. The zero-order valence-electron chi connectivity index (χ0n) is 13.5. The Bertz CT molecular complexity index is 663. The smallest absolute Gasteiger partial charge is 0.156 e. The minimum atomic E-state index is 0.0921. The van der Waals surface area contributed by atoms with Crippen LogP contribution in [0.4, 0.5) is 0 Å². The van der Waals surface area contributed by atoms with E-state index in [1.807, 2.05) is 6.08 Å². The second kappa shape index (κ2) is 3.84. The highest BCUT2D eigenvalue weighted by atomic mass is 16.6. The molecule has 2 fully saturated rings. The fraction of sp³-hybridized carbons (Fsp3) is 0.650. The van der Waals surface area contributed by atoms with Crippen LogP contribution in [0.15, 0.2) is 35.5 Å². The fourth-order valence-corrected chi connectivity index (χ4v) is 5.98. The largest absolute Gasteiger partial charge is 0.369 e. The minimum Gasteiger partial charge on any atom is -0.369 e. The monoisotopic (exact) mass is 296 g/mol. The number of carbonyl (C=O) groups excluding carboxylic acids is 1. The Morgan fingerprint density at radius 1 is 1.27 bits per heavy atom. The van der Waals surface area contributed by atoms with Crippen molar-refractivity contribution >= 4 is 5.78 Å². The lowest BCUT2D eigenvalue weighted by molar-refractivity contribution is -0.115. The molecule has 4 aliphatic carbocycles. The van der Waals surface area contributed by atoms with Gasteiger partial charge in [-0.3, -0.25) is 4.79 Å². The molecule has 0 amide bonds. The molecule has 0 aromatic heterocycles. The summed E-state index contributed by atoms with van der Waals surface area (Å²) >= 11 is 0. The van der Waals surface area contributed by atoms with Gasteiger partial charge in [0.15, 0.2) is 5.78 Å². The van der Waals surface area contributed by atoms with Crippen LogP contribution in [0.3, 0.4) is 0 Å². The number of fused-ring (bicyclic) bond motifs is 6. The van der Waals surface area contributed by atoms with Gasteiger partial charge in [-0.1, -0.05) is 37.6 Å². The SMILES string of the molecule is C[C@]12CCC(=O)C=C1C=CC1C2=CC[C@@]2(C)C1CC[C@@]21CO1. The van der Waals surface area contributed by atoms with Gasteiger partial charge in [0.25, 0.3) is 0 Å². The van der Waals surface area contributed by atoms with Crippen molar-refractivity contribution in [2.24, 2.45) is 22.7 Å². The number of ether oxygens (including phenoxy) is 1. The van der Waals surface area contributed by atoms with Crippen molar-refractivity contribution in [2.75, 3.05) is 6.61 Å². The molecule has 1 aliphatic heterocycles. The summed E-state index contributed by atoms with van der Waals surface area (Å²) in [4.78, 5) is 11.8. The van der Waals surface area contributed by atoms with E-state index < -0.39 is 0 Å². The molecule has 5 atom stereocenters. The molecule has 2 heteroatoms. The van der Waals surface area contributed by atoms with E-state index in [4.69, 9.17) is 4.74 Å². The first-order chi connectivity index (χ1) is 10.5. The standard InChI is InChI=1S/C20H24O2/c1-18-8-5-14(21)11-13(18)3-4-15-16(18)6-9-19(2)17(15)7-10-20(19)12-22-20/h3-4,6,11,15,17H,5,7-10,12H2,1-2H3/t15?,17?,18-,19-,20+/m0/s1. The van der Waals surface area contributed by atoms with E-state index in [-0.39, 0.29) is 11.0 Å². The van der Waals surface area contributed by atoms with Gasteiger partial charge in [-0.25, -0.2) is 0 Å². The second-order valence-electron chi connectivity index (χ2n) is 8.49. The maximum atomic E-state index is 11.8. The Morgan fingerprint density at radius 3 is 2.86 bits per heavy atom. The summed E-state index contributed by atoms with van der Waals surface area (Å²) in [6, 6.07) is 0. The Kier molecular flexibility index (Phi) is 2.32. The molecule has 2 nitrogen and oxygen atoms in total. The molecule has 1 heterocycles. The van der Waals surface area contributed by atoms with Crippen molar-refractivity contribution in [3.63, 3.8) is 0 Å². The Balaban J connectivity index is 1.62. The molecule has 0 radical (unpaired) electrons. The van der Waals surface area contributed by atoms with Crippen LogP contribution < -0.4 is 0 Å². The molecule has 1 saturated carbocycles. The lowest BCUT2D eigenvalue weighted by atomic mass is 9.53. The third-order valence-corrected chi connectivity index (χ3v) is 7.70. The molecule has 1 spiro atoms. The molecule has 1 saturated heterocycles. The normalized spacial score (nSPS) is 51.8. The van der Waals surface area contributed by atoms with Crippen LogP contribution >= 0.6 is 0 Å². The van der Waals surface area contributed by atoms with E-state index >= 15 is 0 Å². The Labute approximate surface area is 132 Å². The van der Waals surface area contributed by atoms with Gasteiger partial charge >= 0.3 is 0 Å². The van der Waals surface area contributed by atoms with Crippen LogP contribution in [0.5, 0.6) is 0 Å². The summed E-state index contributed by atoms with van der Waals surface area (Å²) in [5.41, 5.74) is 3.43. The van der Waals surface area contributed by atoms with E-state index in [0.717, 1.165) is 19.4 Å². The van der Waals surface area contributed by atoms with Gasteiger partial charge in [0.2, 0.25) is 0 Å². The van der Waals surface area contributed by atoms with Crippen molar-refractivity contribution in [3.05, 3.63) is 35.5 Å². The molecular weight excluding hydrogens is 272 g/mol. The molecule has 0 N–H and O–H groups in total. The van der Waals surface area contributed by atoms with Crippen LogP contribution in [0.25, 0.3) is 0 Å². The highest BCUT2D eigenvalue weighted by Gasteiger charge is 2.68. The lowest BCUT2D eigenvalue weighted by Crippen LogP contribution is -2.45. The number of rotatable bonds is 0. The van der Waals surface area contributed by atoms with Gasteiger partial charge in [-0.05, 0) is 43.3 Å². The van der Waals surface area contributed by atoms with Crippen LogP contribution in [-0.2, 0) is 9.53 Å². The van der Waals surface area contributed by atoms with Crippen LogP contribution in [-0.4, -0.2) is 18.0 Å². The third kappa shape index (κ3) is 1.39. The number of ketones is 1. The Morgan fingerprint density at radius 2 is 2.09 bits per heavy atom. The van der Waals surface area contributed by atoms with Crippen molar-refractivity contribution in [3.8, 4) is 0 Å². The molecule has 22 heavy (non-hydrogen) atoms. The summed E-state index contributed by atoms with van der Waals surface area (Å²) in [6.45, 7) is 5.78. The quantitative estimate of drug-likeness (QED) is 0.500. The van der Waals surface area contributed by atoms with Crippen molar-refractivity contribution in [1.29, 1.82) is 0 Å². The van der Waals surface area contributed by atoms with Gasteiger partial charge in [0.05, 0.1) is 12.2 Å². The van der Waals surface area contributed by atoms with E-state index in [1.165, 1.54) is 18.4 Å². The average molecular weight is 296 g/mol. The zero-order chi connectivity index (χ0) is 15.2. The third-order valence-electron chi connectivity index (χ3n) is 7.70. The number of hydrogen-bond acceptors (Lipinski definition) is 2. The molecule has 5 rings (SSSR count). The van der Waals surface area contributed by atoms with Gasteiger partial charge < -0.3 is 4.74 Å². The molecular formula is C20H24O2. The predicted octanol–water partition coefficient (Wildman–Crippen LogP) is 3.98. The maximum Gasteiger partial charge on any atom is 0.156 e. The van der Waals surface area contributed by atoms with E-state index in [2.05, 4.69) is 32.1 Å². The first kappa shape index (κ1) is 13.3. The first-order valence-corrected chi connectivity index (χ1v) is 8.76. The topological polar surface area (TPSA) is 29.6 Å². The number of carbonyl (C=O) groups is 1. The highest BCUT2D eigenvalue weighted by molar-refractivity contribution is 5.92. The summed E-state index contributed by atoms with van der Waals surface area (Å²) in [5.74, 6) is 1.56. The number of epoxide rings is 1. The molecule has 0 aromatic rings. The van der Waals surface area contributed by atoms with E-state index in [0.29, 0.717) is 29.5 Å². The highest BCUT2D eigenvalue weighted by Crippen LogP contribution is 2.68. The minimum absolute atomic E-state index is 0.0921. The van der Waals surface area contributed by atoms with Gasteiger partial charge in [0.1, 0.15) is 0 Å². The van der Waals surface area contributed by atoms with Crippen molar-refractivity contribution in [1.82, 2.24) is 0 Å². The van der Waals surface area contributed by atoms with Crippen LogP contribution in [0.2, 0.25) is 0 Å². The summed E-state index contributed by atoms with van der Waals surface area (Å²) in [5, 5.41) is 0. The van der Waals surface area contributed by atoms with Gasteiger partial charge in [0, 0.05) is 23.2 Å². The number of hydrogen-bond donors (Lipinski definition) is 0.